The molecule has 96 valence electrons. The summed E-state index contributed by atoms with van der Waals surface area (Å²) < 4.78 is 13.5. The summed E-state index contributed by atoms with van der Waals surface area (Å²) in [6.07, 6.45) is 1.96. The molecular weight excluding hydrogens is 219 g/mol. The molecular formula is C12H21FN4. The van der Waals surface area contributed by atoms with Crippen LogP contribution in [0.25, 0.3) is 0 Å². The molecule has 0 aliphatic carbocycles. The fraction of sp³-hybridized carbons (Fsp3) is 0.667. The largest absolute Gasteiger partial charge is 0.368 e. The van der Waals surface area contributed by atoms with E-state index in [1.165, 1.54) is 0 Å². The maximum absolute atomic E-state index is 13.5. The normalized spacial score (nSPS) is 12.6. The number of hydrogen-bond acceptors (Lipinski definition) is 4. The smallest absolute Gasteiger partial charge is 0.222 e. The second-order valence-electron chi connectivity index (χ2n) is 6.17. The minimum atomic E-state index is -0.485. The highest BCUT2D eigenvalue weighted by molar-refractivity contribution is 5.41. The molecule has 17 heavy (non-hydrogen) atoms. The zero-order chi connectivity index (χ0) is 13.3. The van der Waals surface area contributed by atoms with Gasteiger partial charge in [0.1, 0.15) is 0 Å². The third-order valence-corrected chi connectivity index (χ3v) is 2.19. The first-order valence-electron chi connectivity index (χ1n) is 5.65. The Kier molecular flexibility index (Phi) is 3.59. The maximum Gasteiger partial charge on any atom is 0.222 e. The molecule has 0 unspecified atom stereocenters. The number of anilines is 2. The number of nitrogen functional groups attached to an aromatic ring is 1. The van der Waals surface area contributed by atoms with E-state index >= 15 is 0 Å². The van der Waals surface area contributed by atoms with E-state index in [2.05, 4.69) is 36.1 Å². The van der Waals surface area contributed by atoms with E-state index < -0.39 is 5.82 Å². The lowest BCUT2D eigenvalue weighted by Crippen LogP contribution is -2.36. The van der Waals surface area contributed by atoms with Crippen molar-refractivity contribution in [3.05, 3.63) is 12.0 Å². The summed E-state index contributed by atoms with van der Waals surface area (Å²) in [6.45, 7) is 10.4. The molecule has 0 radical (unpaired) electrons. The van der Waals surface area contributed by atoms with Crippen LogP contribution in [0.2, 0.25) is 0 Å². The molecule has 0 aliphatic heterocycles. The Balaban J connectivity index is 2.86. The Morgan fingerprint density at radius 1 is 1.29 bits per heavy atom. The number of rotatable bonds is 3. The van der Waals surface area contributed by atoms with Gasteiger partial charge in [-0.15, -0.1) is 0 Å². The summed E-state index contributed by atoms with van der Waals surface area (Å²) in [7, 11) is 0. The molecule has 0 amide bonds. The Hall–Kier alpha value is -1.39. The second kappa shape index (κ2) is 4.47. The van der Waals surface area contributed by atoms with Gasteiger partial charge in [-0.3, -0.25) is 0 Å². The average Bonchev–Trinajstić information content (AvgIpc) is 2.06. The van der Waals surface area contributed by atoms with Crippen molar-refractivity contribution in [2.45, 2.75) is 46.6 Å². The Morgan fingerprint density at radius 3 is 2.41 bits per heavy atom. The molecule has 1 aromatic rings. The van der Waals surface area contributed by atoms with Crippen LogP contribution in [0.1, 0.15) is 41.0 Å². The minimum absolute atomic E-state index is 0.0699. The van der Waals surface area contributed by atoms with Crippen LogP contribution in [0.5, 0.6) is 0 Å². The zero-order valence-corrected chi connectivity index (χ0v) is 11.1. The van der Waals surface area contributed by atoms with Crippen LogP contribution < -0.4 is 11.1 Å². The maximum atomic E-state index is 13.5. The molecule has 0 saturated heterocycles. The topological polar surface area (TPSA) is 63.8 Å². The van der Waals surface area contributed by atoms with Gasteiger partial charge in [-0.1, -0.05) is 20.8 Å². The van der Waals surface area contributed by atoms with Crippen molar-refractivity contribution in [1.29, 1.82) is 0 Å². The molecule has 0 spiro atoms. The molecule has 5 heteroatoms. The molecule has 0 aliphatic rings. The summed E-state index contributed by atoms with van der Waals surface area (Å²) in [5.74, 6) is -0.256. The highest BCUT2D eigenvalue weighted by atomic mass is 19.1. The van der Waals surface area contributed by atoms with Crippen molar-refractivity contribution in [3.8, 4) is 0 Å². The lowest BCUT2D eigenvalue weighted by Gasteiger charge is -2.33. The summed E-state index contributed by atoms with van der Waals surface area (Å²) in [6, 6.07) is 0. The van der Waals surface area contributed by atoms with Gasteiger partial charge in [-0.2, -0.15) is 4.98 Å². The molecule has 1 aromatic heterocycles. The van der Waals surface area contributed by atoms with Crippen LogP contribution in [0, 0.1) is 11.2 Å². The summed E-state index contributed by atoms with van der Waals surface area (Å²) in [5, 5.41) is 3.08. The number of nitrogens with one attached hydrogen (secondary N) is 1. The van der Waals surface area contributed by atoms with Crippen LogP contribution in [0.4, 0.5) is 16.2 Å². The van der Waals surface area contributed by atoms with Crippen molar-refractivity contribution in [3.63, 3.8) is 0 Å². The summed E-state index contributed by atoms with van der Waals surface area (Å²) in [4.78, 5) is 7.46. The fourth-order valence-electron chi connectivity index (χ4n) is 2.16. The Morgan fingerprint density at radius 2 is 1.88 bits per heavy atom. The number of hydrogen-bond donors (Lipinski definition) is 2. The first kappa shape index (κ1) is 13.7. The standard InChI is InChI=1S/C12H21FN4/c1-11(2,3)7-12(4,5)17-9-8(13)6-15-10(14)16-9/h6H,7H2,1-5H3,(H3,14,15,16,17). The van der Waals surface area contributed by atoms with E-state index in [1.54, 1.807) is 0 Å². The van der Waals surface area contributed by atoms with Crippen molar-refractivity contribution < 1.29 is 4.39 Å². The Labute approximate surface area is 102 Å². The van der Waals surface area contributed by atoms with E-state index in [0.29, 0.717) is 0 Å². The lowest BCUT2D eigenvalue weighted by molar-refractivity contribution is 0.301. The molecule has 1 heterocycles. The van der Waals surface area contributed by atoms with Gasteiger partial charge in [0.15, 0.2) is 11.6 Å². The van der Waals surface area contributed by atoms with Gasteiger partial charge < -0.3 is 11.1 Å². The molecule has 1 rings (SSSR count). The van der Waals surface area contributed by atoms with Crippen LogP contribution in [0.3, 0.4) is 0 Å². The summed E-state index contributed by atoms with van der Waals surface area (Å²) in [5.41, 5.74) is 5.33. The van der Waals surface area contributed by atoms with Gasteiger partial charge >= 0.3 is 0 Å². The van der Waals surface area contributed by atoms with Gasteiger partial charge in [0, 0.05) is 5.54 Å². The van der Waals surface area contributed by atoms with E-state index in [1.807, 2.05) is 13.8 Å². The second-order valence-corrected chi connectivity index (χ2v) is 6.17. The van der Waals surface area contributed by atoms with Crippen LogP contribution >= 0.6 is 0 Å². The number of nitrogens with zero attached hydrogens (tertiary/aromatic N) is 2. The van der Waals surface area contributed by atoms with Crippen molar-refractivity contribution >= 4 is 11.8 Å². The van der Waals surface area contributed by atoms with Crippen LogP contribution in [-0.4, -0.2) is 15.5 Å². The van der Waals surface area contributed by atoms with Crippen molar-refractivity contribution in [2.24, 2.45) is 5.41 Å². The van der Waals surface area contributed by atoms with Crippen molar-refractivity contribution in [2.75, 3.05) is 11.1 Å². The van der Waals surface area contributed by atoms with Crippen molar-refractivity contribution in [1.82, 2.24) is 9.97 Å². The number of aromatic nitrogens is 2. The molecule has 0 atom stereocenters. The Bertz CT molecular complexity index is 396. The summed E-state index contributed by atoms with van der Waals surface area (Å²) >= 11 is 0. The predicted molar refractivity (Wildman–Crippen MR) is 68.2 cm³/mol. The van der Waals surface area contributed by atoms with Gasteiger partial charge in [-0.05, 0) is 25.7 Å². The SMILES string of the molecule is CC(C)(C)CC(C)(C)Nc1nc(N)ncc1F. The number of nitrogens with two attached hydrogens (primary N) is 1. The van der Waals surface area contributed by atoms with Crippen LogP contribution in [0.15, 0.2) is 6.20 Å². The first-order valence-corrected chi connectivity index (χ1v) is 5.65. The van der Waals surface area contributed by atoms with Gasteiger partial charge in [0.25, 0.3) is 0 Å². The van der Waals surface area contributed by atoms with Gasteiger partial charge in [0.2, 0.25) is 5.95 Å². The minimum Gasteiger partial charge on any atom is -0.368 e. The third-order valence-electron chi connectivity index (χ3n) is 2.19. The molecule has 0 aromatic carbocycles. The van der Waals surface area contributed by atoms with E-state index in [9.17, 15) is 4.39 Å². The molecule has 0 saturated carbocycles. The first-order chi connectivity index (χ1) is 7.59. The lowest BCUT2D eigenvalue weighted by atomic mass is 9.82. The van der Waals surface area contributed by atoms with E-state index in [0.717, 1.165) is 12.6 Å². The number of halogens is 1. The molecule has 0 bridgehead atoms. The quantitative estimate of drug-likeness (QED) is 0.852. The van der Waals surface area contributed by atoms with Crippen LogP contribution in [-0.2, 0) is 0 Å². The molecule has 0 fully saturated rings. The molecule has 4 nitrogen and oxygen atoms in total. The third kappa shape index (κ3) is 4.54. The fourth-order valence-corrected chi connectivity index (χ4v) is 2.16. The highest BCUT2D eigenvalue weighted by Gasteiger charge is 2.26. The molecule has 3 N–H and O–H groups in total. The average molecular weight is 240 g/mol. The van der Waals surface area contributed by atoms with Gasteiger partial charge in [0.05, 0.1) is 6.20 Å². The monoisotopic (exact) mass is 240 g/mol. The predicted octanol–water partition coefficient (Wildman–Crippen LogP) is 2.82. The van der Waals surface area contributed by atoms with E-state index in [-0.39, 0.29) is 22.7 Å². The van der Waals surface area contributed by atoms with Gasteiger partial charge in [-0.25, -0.2) is 9.37 Å². The highest BCUT2D eigenvalue weighted by Crippen LogP contribution is 2.29. The zero-order valence-electron chi connectivity index (χ0n) is 11.1. The van der Waals surface area contributed by atoms with E-state index in [4.69, 9.17) is 5.73 Å².